The Morgan fingerprint density at radius 2 is 1.67 bits per heavy atom. The summed E-state index contributed by atoms with van der Waals surface area (Å²) in [5, 5.41) is 0. The Morgan fingerprint density at radius 1 is 1.00 bits per heavy atom. The third-order valence-electron chi connectivity index (χ3n) is 4.52. The van der Waals surface area contributed by atoms with Gasteiger partial charge in [0.2, 0.25) is 0 Å². The lowest BCUT2D eigenvalue weighted by molar-refractivity contribution is 0.515. The van der Waals surface area contributed by atoms with Crippen molar-refractivity contribution in [1.29, 1.82) is 0 Å². The van der Waals surface area contributed by atoms with Crippen molar-refractivity contribution < 1.29 is 0 Å². The van der Waals surface area contributed by atoms with Crippen molar-refractivity contribution in [3.63, 3.8) is 0 Å². The summed E-state index contributed by atoms with van der Waals surface area (Å²) in [6, 6.07) is 8.97. The van der Waals surface area contributed by atoms with Crippen molar-refractivity contribution in [1.82, 2.24) is 0 Å². The summed E-state index contributed by atoms with van der Waals surface area (Å²) in [5.74, 6) is 1.84. The van der Waals surface area contributed by atoms with E-state index in [1.807, 2.05) is 0 Å². The second-order valence-electron chi connectivity index (χ2n) is 6.58. The Labute approximate surface area is 136 Å². The molecule has 1 heterocycles. The van der Waals surface area contributed by atoms with Crippen LogP contribution in [0.2, 0.25) is 0 Å². The minimum absolute atomic E-state index is 0.793. The highest BCUT2D eigenvalue weighted by Gasteiger charge is 2.20. The molecule has 1 aliphatic rings. The SMILES string of the molecule is CC1Cc2ccccc2N(CCCCCCCCCS)C1. The molecule has 2 heteroatoms. The van der Waals surface area contributed by atoms with Crippen LogP contribution in [-0.4, -0.2) is 18.8 Å². The summed E-state index contributed by atoms with van der Waals surface area (Å²) < 4.78 is 0. The molecule has 0 aliphatic carbocycles. The van der Waals surface area contributed by atoms with Crippen molar-refractivity contribution in [2.75, 3.05) is 23.7 Å². The van der Waals surface area contributed by atoms with Crippen molar-refractivity contribution in [2.24, 2.45) is 5.92 Å². The van der Waals surface area contributed by atoms with E-state index in [9.17, 15) is 0 Å². The van der Waals surface area contributed by atoms with E-state index in [-0.39, 0.29) is 0 Å². The minimum atomic E-state index is 0.793. The fourth-order valence-electron chi connectivity index (χ4n) is 3.42. The van der Waals surface area contributed by atoms with Gasteiger partial charge in [-0.3, -0.25) is 0 Å². The van der Waals surface area contributed by atoms with E-state index < -0.39 is 0 Å². The second kappa shape index (κ2) is 9.40. The summed E-state index contributed by atoms with van der Waals surface area (Å²) in [5.41, 5.74) is 3.03. The third-order valence-corrected chi connectivity index (χ3v) is 4.84. The number of fused-ring (bicyclic) bond motifs is 1. The van der Waals surface area contributed by atoms with Crippen LogP contribution in [-0.2, 0) is 6.42 Å². The Balaban J connectivity index is 1.67. The first-order valence-corrected chi connectivity index (χ1v) is 9.38. The van der Waals surface area contributed by atoms with Crippen LogP contribution < -0.4 is 4.90 Å². The van der Waals surface area contributed by atoms with E-state index >= 15 is 0 Å². The van der Waals surface area contributed by atoms with Gasteiger partial charge in [-0.2, -0.15) is 12.6 Å². The molecule has 0 fully saturated rings. The van der Waals surface area contributed by atoms with Crippen LogP contribution in [0.1, 0.15) is 57.4 Å². The van der Waals surface area contributed by atoms with Gasteiger partial charge < -0.3 is 4.90 Å². The second-order valence-corrected chi connectivity index (χ2v) is 7.03. The van der Waals surface area contributed by atoms with Crippen LogP contribution in [0.25, 0.3) is 0 Å². The van der Waals surface area contributed by atoms with Crippen LogP contribution >= 0.6 is 12.6 Å². The molecule has 1 aromatic carbocycles. The quantitative estimate of drug-likeness (QED) is 0.476. The zero-order valence-electron chi connectivity index (χ0n) is 13.6. The average molecular weight is 306 g/mol. The van der Waals surface area contributed by atoms with Crippen LogP contribution in [0, 0.1) is 5.92 Å². The standard InChI is InChI=1S/C19H31NS/c1-17-15-18-11-7-8-12-19(18)20(16-17)13-9-5-3-2-4-6-10-14-21/h7-8,11-12,17,21H,2-6,9-10,13-16H2,1H3. The molecule has 1 nitrogen and oxygen atoms in total. The van der Waals surface area contributed by atoms with E-state index in [0.29, 0.717) is 0 Å². The molecule has 118 valence electrons. The molecule has 1 atom stereocenters. The lowest BCUT2D eigenvalue weighted by Crippen LogP contribution is -2.34. The summed E-state index contributed by atoms with van der Waals surface area (Å²) in [7, 11) is 0. The van der Waals surface area contributed by atoms with Gasteiger partial charge in [0.25, 0.3) is 0 Å². The van der Waals surface area contributed by atoms with Crippen molar-refractivity contribution in [3.05, 3.63) is 29.8 Å². The molecule has 1 unspecified atom stereocenters. The molecular formula is C19H31NS. The molecule has 0 N–H and O–H groups in total. The predicted molar refractivity (Wildman–Crippen MR) is 97.7 cm³/mol. The summed E-state index contributed by atoms with van der Waals surface area (Å²) in [4.78, 5) is 2.62. The number of unbranched alkanes of at least 4 members (excludes halogenated alkanes) is 6. The van der Waals surface area contributed by atoms with Gasteiger partial charge in [0.05, 0.1) is 0 Å². The minimum Gasteiger partial charge on any atom is -0.371 e. The van der Waals surface area contributed by atoms with Crippen LogP contribution in [0.4, 0.5) is 5.69 Å². The highest BCUT2D eigenvalue weighted by Crippen LogP contribution is 2.29. The molecule has 0 aromatic heterocycles. The lowest BCUT2D eigenvalue weighted by Gasteiger charge is -2.35. The van der Waals surface area contributed by atoms with Gasteiger partial charge in [0.1, 0.15) is 0 Å². The maximum atomic E-state index is 4.26. The molecule has 0 amide bonds. The lowest BCUT2D eigenvalue weighted by atomic mass is 9.93. The van der Waals surface area contributed by atoms with Crippen molar-refractivity contribution in [2.45, 2.75) is 58.3 Å². The van der Waals surface area contributed by atoms with Gasteiger partial charge in [0.15, 0.2) is 0 Å². The molecule has 21 heavy (non-hydrogen) atoms. The van der Waals surface area contributed by atoms with E-state index in [1.165, 1.54) is 70.1 Å². The van der Waals surface area contributed by atoms with E-state index in [0.717, 1.165) is 11.7 Å². The molecule has 1 aliphatic heterocycles. The number of hydrogen-bond acceptors (Lipinski definition) is 2. The number of para-hydroxylation sites is 1. The zero-order chi connectivity index (χ0) is 14.9. The molecule has 2 rings (SSSR count). The van der Waals surface area contributed by atoms with Gasteiger partial charge in [-0.1, -0.05) is 57.2 Å². The first-order valence-electron chi connectivity index (χ1n) is 8.75. The number of benzene rings is 1. The van der Waals surface area contributed by atoms with Gasteiger partial charge in [-0.15, -0.1) is 0 Å². The van der Waals surface area contributed by atoms with Crippen LogP contribution in [0.5, 0.6) is 0 Å². The zero-order valence-corrected chi connectivity index (χ0v) is 14.5. The molecule has 0 spiro atoms. The average Bonchev–Trinajstić information content (AvgIpc) is 2.49. The number of anilines is 1. The molecule has 0 bridgehead atoms. The maximum Gasteiger partial charge on any atom is 0.0398 e. The van der Waals surface area contributed by atoms with Gasteiger partial charge in [0, 0.05) is 18.8 Å². The Bertz CT molecular complexity index is 404. The summed E-state index contributed by atoms with van der Waals surface area (Å²) >= 11 is 4.26. The van der Waals surface area contributed by atoms with E-state index in [1.54, 1.807) is 5.56 Å². The number of rotatable bonds is 9. The first-order chi connectivity index (χ1) is 10.3. The maximum absolute atomic E-state index is 4.26. The number of nitrogens with zero attached hydrogens (tertiary/aromatic N) is 1. The van der Waals surface area contributed by atoms with Gasteiger partial charge in [-0.05, 0) is 42.6 Å². The van der Waals surface area contributed by atoms with E-state index in [2.05, 4.69) is 48.7 Å². The fourth-order valence-corrected chi connectivity index (χ4v) is 3.64. The largest absolute Gasteiger partial charge is 0.371 e. The van der Waals surface area contributed by atoms with Crippen molar-refractivity contribution in [3.8, 4) is 0 Å². The Morgan fingerprint density at radius 3 is 2.43 bits per heavy atom. The normalized spacial score (nSPS) is 17.8. The summed E-state index contributed by atoms with van der Waals surface area (Å²) in [6.45, 7) is 4.85. The molecular weight excluding hydrogens is 274 g/mol. The molecule has 0 radical (unpaired) electrons. The van der Waals surface area contributed by atoms with Gasteiger partial charge in [-0.25, -0.2) is 0 Å². The highest BCUT2D eigenvalue weighted by atomic mass is 32.1. The smallest absolute Gasteiger partial charge is 0.0398 e. The van der Waals surface area contributed by atoms with Crippen LogP contribution in [0.3, 0.4) is 0 Å². The predicted octanol–water partition coefficient (Wildman–Crippen LogP) is 5.35. The van der Waals surface area contributed by atoms with Crippen molar-refractivity contribution >= 4 is 18.3 Å². The molecule has 0 saturated heterocycles. The topological polar surface area (TPSA) is 3.24 Å². The Kier molecular flexibility index (Phi) is 7.49. The molecule has 0 saturated carbocycles. The monoisotopic (exact) mass is 305 g/mol. The first kappa shape index (κ1) is 16.7. The molecule has 1 aromatic rings. The number of hydrogen-bond donors (Lipinski definition) is 1. The highest BCUT2D eigenvalue weighted by molar-refractivity contribution is 7.80. The summed E-state index contributed by atoms with van der Waals surface area (Å²) in [6.07, 6.45) is 10.8. The van der Waals surface area contributed by atoms with E-state index in [4.69, 9.17) is 0 Å². The Hall–Kier alpha value is -0.630. The fraction of sp³-hybridized carbons (Fsp3) is 0.684. The third kappa shape index (κ3) is 5.58. The van der Waals surface area contributed by atoms with Gasteiger partial charge >= 0.3 is 0 Å². The number of thiol groups is 1. The van der Waals surface area contributed by atoms with Crippen LogP contribution in [0.15, 0.2) is 24.3 Å².